The average Bonchev–Trinajstić information content (AvgIpc) is 2.38. The maximum Gasteiger partial charge on any atom is 0.185 e. The van der Waals surface area contributed by atoms with E-state index in [1.54, 1.807) is 6.08 Å². The Morgan fingerprint density at radius 3 is 2.62 bits per heavy atom. The average molecular weight is 210 g/mol. The Hall–Kier alpha value is -1.89. The standard InChI is InChI=1S/C15H14O/c16-15(14-9-5-2-6-10-14)12-11-13-7-3-1-4-8-13/h2-3,5-12H,1,4H2. The zero-order valence-corrected chi connectivity index (χ0v) is 9.10. The number of carbonyl (C=O) groups excluding carboxylic acids is 1. The highest BCUT2D eigenvalue weighted by molar-refractivity contribution is 6.04. The van der Waals surface area contributed by atoms with Gasteiger partial charge in [-0.3, -0.25) is 4.79 Å². The van der Waals surface area contributed by atoms with E-state index < -0.39 is 0 Å². The summed E-state index contributed by atoms with van der Waals surface area (Å²) in [5.41, 5.74) is 1.86. The van der Waals surface area contributed by atoms with Gasteiger partial charge in [0, 0.05) is 5.56 Å². The van der Waals surface area contributed by atoms with Crippen molar-refractivity contribution in [2.45, 2.75) is 12.8 Å². The first-order valence-corrected chi connectivity index (χ1v) is 5.50. The van der Waals surface area contributed by atoms with Crippen molar-refractivity contribution in [3.8, 4) is 0 Å². The quantitative estimate of drug-likeness (QED) is 0.549. The summed E-state index contributed by atoms with van der Waals surface area (Å²) >= 11 is 0. The fourth-order valence-electron chi connectivity index (χ4n) is 1.63. The lowest BCUT2D eigenvalue weighted by Crippen LogP contribution is -1.93. The number of hydrogen-bond donors (Lipinski definition) is 0. The van der Waals surface area contributed by atoms with Crippen molar-refractivity contribution in [2.75, 3.05) is 0 Å². The number of hydrogen-bond acceptors (Lipinski definition) is 1. The molecule has 0 saturated carbocycles. The molecule has 16 heavy (non-hydrogen) atoms. The highest BCUT2D eigenvalue weighted by atomic mass is 16.1. The predicted molar refractivity (Wildman–Crippen MR) is 66.4 cm³/mol. The normalized spacial score (nSPS) is 15.1. The zero-order chi connectivity index (χ0) is 11.2. The Labute approximate surface area is 95.8 Å². The summed E-state index contributed by atoms with van der Waals surface area (Å²) in [6, 6.07) is 9.32. The van der Waals surface area contributed by atoms with Crippen LogP contribution in [0.25, 0.3) is 0 Å². The van der Waals surface area contributed by atoms with Gasteiger partial charge in [-0.2, -0.15) is 0 Å². The molecule has 0 amide bonds. The van der Waals surface area contributed by atoms with Crippen molar-refractivity contribution >= 4 is 5.78 Å². The minimum atomic E-state index is 0.0560. The van der Waals surface area contributed by atoms with Gasteiger partial charge in [-0.1, -0.05) is 54.6 Å². The second kappa shape index (κ2) is 5.26. The van der Waals surface area contributed by atoms with E-state index >= 15 is 0 Å². The summed E-state index contributed by atoms with van der Waals surface area (Å²) in [6.45, 7) is 0. The molecular weight excluding hydrogens is 196 g/mol. The van der Waals surface area contributed by atoms with Crippen LogP contribution in [0.4, 0.5) is 0 Å². The third-order valence-corrected chi connectivity index (χ3v) is 2.51. The van der Waals surface area contributed by atoms with E-state index in [1.165, 1.54) is 0 Å². The van der Waals surface area contributed by atoms with E-state index in [4.69, 9.17) is 0 Å². The maximum absolute atomic E-state index is 11.7. The van der Waals surface area contributed by atoms with Gasteiger partial charge < -0.3 is 0 Å². The molecule has 0 spiro atoms. The first-order valence-electron chi connectivity index (χ1n) is 5.50. The molecular formula is C15H14O. The van der Waals surface area contributed by atoms with Crippen molar-refractivity contribution < 1.29 is 4.79 Å². The molecule has 0 bridgehead atoms. The summed E-state index contributed by atoms with van der Waals surface area (Å²) in [5, 5.41) is 0. The lowest BCUT2D eigenvalue weighted by atomic mass is 10.1. The summed E-state index contributed by atoms with van der Waals surface area (Å²) in [4.78, 5) is 11.7. The van der Waals surface area contributed by atoms with Crippen LogP contribution >= 0.6 is 0 Å². The molecule has 1 aromatic rings. The Kier molecular flexibility index (Phi) is 3.50. The first kappa shape index (κ1) is 10.6. The molecule has 80 valence electrons. The number of benzene rings is 1. The van der Waals surface area contributed by atoms with Crippen molar-refractivity contribution in [2.24, 2.45) is 0 Å². The van der Waals surface area contributed by atoms with E-state index in [9.17, 15) is 4.79 Å². The van der Waals surface area contributed by atoms with E-state index in [1.807, 2.05) is 36.4 Å². The Morgan fingerprint density at radius 2 is 1.94 bits per heavy atom. The molecule has 0 unspecified atom stereocenters. The molecule has 0 radical (unpaired) electrons. The van der Waals surface area contributed by atoms with Crippen LogP contribution in [-0.4, -0.2) is 5.78 Å². The van der Waals surface area contributed by atoms with Gasteiger partial charge in [-0.15, -0.1) is 0 Å². The fraction of sp³-hybridized carbons (Fsp3) is 0.133. The van der Waals surface area contributed by atoms with Gasteiger partial charge in [-0.25, -0.2) is 0 Å². The molecule has 0 N–H and O–H groups in total. The van der Waals surface area contributed by atoms with Crippen molar-refractivity contribution in [3.05, 3.63) is 71.8 Å². The molecule has 2 rings (SSSR count). The molecule has 1 aliphatic carbocycles. The van der Waals surface area contributed by atoms with Gasteiger partial charge in [0.05, 0.1) is 0 Å². The van der Waals surface area contributed by atoms with Crippen LogP contribution in [0.2, 0.25) is 0 Å². The Balaban J connectivity index is 2.05. The topological polar surface area (TPSA) is 17.1 Å². The molecule has 0 atom stereocenters. The van der Waals surface area contributed by atoms with Crippen LogP contribution in [0.5, 0.6) is 0 Å². The smallest absolute Gasteiger partial charge is 0.185 e. The lowest BCUT2D eigenvalue weighted by molar-refractivity contribution is 0.104. The summed E-state index contributed by atoms with van der Waals surface area (Å²) in [5.74, 6) is 0.0560. The van der Waals surface area contributed by atoms with Crippen molar-refractivity contribution in [3.63, 3.8) is 0 Å². The van der Waals surface area contributed by atoms with Crippen LogP contribution in [0, 0.1) is 0 Å². The van der Waals surface area contributed by atoms with E-state index in [-0.39, 0.29) is 5.78 Å². The third kappa shape index (κ3) is 2.80. The number of carbonyl (C=O) groups is 1. The van der Waals surface area contributed by atoms with Gasteiger partial charge in [0.1, 0.15) is 0 Å². The van der Waals surface area contributed by atoms with Crippen LogP contribution in [0.1, 0.15) is 23.2 Å². The minimum absolute atomic E-state index is 0.0560. The number of ketones is 1. The zero-order valence-electron chi connectivity index (χ0n) is 9.10. The third-order valence-electron chi connectivity index (χ3n) is 2.51. The van der Waals surface area contributed by atoms with Gasteiger partial charge in [0.25, 0.3) is 0 Å². The SMILES string of the molecule is O=C(C=CC1=CCCC=C1)c1ccccc1. The highest BCUT2D eigenvalue weighted by Crippen LogP contribution is 2.11. The maximum atomic E-state index is 11.7. The van der Waals surface area contributed by atoms with E-state index in [0.29, 0.717) is 0 Å². The second-order valence-electron chi connectivity index (χ2n) is 3.75. The molecule has 0 heterocycles. The van der Waals surface area contributed by atoms with Crippen LogP contribution in [0.15, 0.2) is 66.3 Å². The lowest BCUT2D eigenvalue weighted by Gasteiger charge is -2.00. The molecule has 1 nitrogen and oxygen atoms in total. The Bertz CT molecular complexity index is 450. The number of allylic oxidation sites excluding steroid dienone is 6. The van der Waals surface area contributed by atoms with E-state index in [2.05, 4.69) is 18.2 Å². The number of rotatable bonds is 3. The molecule has 1 aliphatic rings. The van der Waals surface area contributed by atoms with Gasteiger partial charge in [0.15, 0.2) is 5.78 Å². The second-order valence-corrected chi connectivity index (χ2v) is 3.75. The highest BCUT2D eigenvalue weighted by Gasteiger charge is 1.99. The molecule has 0 saturated heterocycles. The first-order chi connectivity index (χ1) is 7.86. The summed E-state index contributed by atoms with van der Waals surface area (Å²) < 4.78 is 0. The predicted octanol–water partition coefficient (Wildman–Crippen LogP) is 3.70. The van der Waals surface area contributed by atoms with Crippen molar-refractivity contribution in [1.82, 2.24) is 0 Å². The van der Waals surface area contributed by atoms with Crippen LogP contribution in [-0.2, 0) is 0 Å². The fourth-order valence-corrected chi connectivity index (χ4v) is 1.63. The summed E-state index contributed by atoms with van der Waals surface area (Å²) in [6.07, 6.45) is 12.0. The molecule has 1 aromatic carbocycles. The monoisotopic (exact) mass is 210 g/mol. The minimum Gasteiger partial charge on any atom is -0.289 e. The molecule has 0 aliphatic heterocycles. The largest absolute Gasteiger partial charge is 0.289 e. The molecule has 0 fully saturated rings. The molecule has 0 aromatic heterocycles. The van der Waals surface area contributed by atoms with E-state index in [0.717, 1.165) is 24.0 Å². The molecule has 1 heteroatoms. The summed E-state index contributed by atoms with van der Waals surface area (Å²) in [7, 11) is 0. The van der Waals surface area contributed by atoms with Gasteiger partial charge in [0.2, 0.25) is 0 Å². The van der Waals surface area contributed by atoms with Gasteiger partial charge in [-0.05, 0) is 24.5 Å². The van der Waals surface area contributed by atoms with Gasteiger partial charge >= 0.3 is 0 Å². The van der Waals surface area contributed by atoms with Crippen molar-refractivity contribution in [1.29, 1.82) is 0 Å². The van der Waals surface area contributed by atoms with Crippen LogP contribution < -0.4 is 0 Å². The Morgan fingerprint density at radius 1 is 1.12 bits per heavy atom. The van der Waals surface area contributed by atoms with Crippen LogP contribution in [0.3, 0.4) is 0 Å².